The molecule has 0 saturated carbocycles. The summed E-state index contributed by atoms with van der Waals surface area (Å²) >= 11 is 12.8. The fourth-order valence-corrected chi connectivity index (χ4v) is 3.93. The summed E-state index contributed by atoms with van der Waals surface area (Å²) in [6.07, 6.45) is 8.17. The van der Waals surface area contributed by atoms with Crippen molar-refractivity contribution in [2.45, 2.75) is 13.0 Å². The average Bonchev–Trinajstić information content (AvgIpc) is 3.19. The lowest BCUT2D eigenvalue weighted by Gasteiger charge is -2.17. The predicted molar refractivity (Wildman–Crippen MR) is 129 cm³/mol. The van der Waals surface area contributed by atoms with Gasteiger partial charge in [-0.15, -0.1) is 0 Å². The van der Waals surface area contributed by atoms with E-state index in [1.807, 2.05) is 43.3 Å². The molecule has 0 aliphatic rings. The van der Waals surface area contributed by atoms with Gasteiger partial charge in [0, 0.05) is 33.7 Å². The van der Waals surface area contributed by atoms with E-state index >= 15 is 0 Å². The van der Waals surface area contributed by atoms with Crippen LogP contribution in [-0.2, 0) is 15.9 Å². The molecule has 0 aliphatic carbocycles. The standard InChI is InChI=1S/C22H16Cl2N5O2S/c1-13(22-17(23)10-25-11-18(22)24)31-15-4-6-20-16(8-15)19(28-29-20)5-2-14-3-7-21(26-9-14)27-12-32-30/h2-13H,1H3,(H,28,29)/q+1/b5-2+,27-12+/t13-/m1/s1. The molecule has 0 radical (unpaired) electrons. The van der Waals surface area contributed by atoms with Gasteiger partial charge in [0.25, 0.3) is 0 Å². The van der Waals surface area contributed by atoms with Crippen LogP contribution in [0.15, 0.2) is 53.9 Å². The SMILES string of the molecule is C[C@@H](Oc1ccc2[nH]nc(/C=C/c3ccc(/N=C/[S+]=O)nc3)c2c1)c1c(Cl)cncc1Cl. The first-order valence-corrected chi connectivity index (χ1v) is 11.0. The number of H-pyrrole nitrogens is 1. The highest BCUT2D eigenvalue weighted by atomic mass is 35.5. The van der Waals surface area contributed by atoms with E-state index in [1.165, 1.54) is 5.55 Å². The summed E-state index contributed by atoms with van der Waals surface area (Å²) in [5.41, 5.74) is 4.39. The lowest BCUT2D eigenvalue weighted by atomic mass is 10.1. The monoisotopic (exact) mass is 484 g/mol. The number of aromatic nitrogens is 4. The second kappa shape index (κ2) is 9.95. The Balaban J connectivity index is 1.55. The van der Waals surface area contributed by atoms with Gasteiger partial charge in [-0.25, -0.2) is 4.98 Å². The van der Waals surface area contributed by atoms with Crippen LogP contribution in [0.25, 0.3) is 23.1 Å². The first-order chi connectivity index (χ1) is 15.5. The van der Waals surface area contributed by atoms with E-state index in [2.05, 4.69) is 25.2 Å². The zero-order valence-corrected chi connectivity index (χ0v) is 19.0. The van der Waals surface area contributed by atoms with Crippen molar-refractivity contribution < 1.29 is 8.95 Å². The Morgan fingerprint density at radius 2 is 1.94 bits per heavy atom. The van der Waals surface area contributed by atoms with Crippen molar-refractivity contribution >= 4 is 69.3 Å². The van der Waals surface area contributed by atoms with Crippen molar-refractivity contribution in [1.82, 2.24) is 20.2 Å². The Kier molecular flexibility index (Phi) is 6.84. The summed E-state index contributed by atoms with van der Waals surface area (Å²) in [7, 11) is 0. The van der Waals surface area contributed by atoms with Gasteiger partial charge >= 0.3 is 17.2 Å². The number of hydrogen-bond acceptors (Lipinski definition) is 6. The number of hydrogen-bond donors (Lipinski definition) is 1. The van der Waals surface area contributed by atoms with Crippen molar-refractivity contribution in [2.24, 2.45) is 4.99 Å². The van der Waals surface area contributed by atoms with Gasteiger partial charge in [-0.3, -0.25) is 10.1 Å². The molecule has 1 atom stereocenters. The van der Waals surface area contributed by atoms with Crippen LogP contribution in [0.2, 0.25) is 10.0 Å². The van der Waals surface area contributed by atoms with Crippen LogP contribution in [0.1, 0.15) is 29.8 Å². The summed E-state index contributed by atoms with van der Waals surface area (Å²) in [6, 6.07) is 9.27. The van der Waals surface area contributed by atoms with Gasteiger partial charge in [-0.05, 0) is 48.9 Å². The number of benzene rings is 1. The van der Waals surface area contributed by atoms with E-state index in [0.717, 1.165) is 22.2 Å². The highest BCUT2D eigenvalue weighted by molar-refractivity contribution is 7.81. The number of nitrogens with one attached hydrogen (secondary N) is 1. The zero-order chi connectivity index (χ0) is 22.5. The number of halogens is 2. The Bertz CT molecular complexity index is 1300. The van der Waals surface area contributed by atoms with Crippen LogP contribution in [0.3, 0.4) is 0 Å². The molecule has 3 aromatic heterocycles. The molecular weight excluding hydrogens is 469 g/mol. The molecule has 10 heteroatoms. The maximum absolute atomic E-state index is 10.4. The molecule has 0 unspecified atom stereocenters. The number of aliphatic imine (C=N–C) groups is 1. The van der Waals surface area contributed by atoms with Gasteiger partial charge in [-0.2, -0.15) is 10.1 Å². The van der Waals surface area contributed by atoms with Crippen LogP contribution in [0.4, 0.5) is 5.82 Å². The van der Waals surface area contributed by atoms with Crippen LogP contribution >= 0.6 is 23.2 Å². The Morgan fingerprint density at radius 3 is 2.66 bits per heavy atom. The maximum atomic E-state index is 10.4. The van der Waals surface area contributed by atoms with Crippen molar-refractivity contribution in [3.63, 3.8) is 0 Å². The van der Waals surface area contributed by atoms with E-state index in [0.29, 0.717) is 27.2 Å². The lowest BCUT2D eigenvalue weighted by Crippen LogP contribution is -2.05. The summed E-state index contributed by atoms with van der Waals surface area (Å²) in [5.74, 6) is 1.13. The Labute approximate surface area is 197 Å². The topological polar surface area (TPSA) is 93.1 Å². The van der Waals surface area contributed by atoms with Gasteiger partial charge in [0.1, 0.15) is 11.9 Å². The van der Waals surface area contributed by atoms with Gasteiger partial charge in [-0.1, -0.05) is 29.3 Å². The van der Waals surface area contributed by atoms with Gasteiger partial charge < -0.3 is 4.74 Å². The normalized spacial score (nSPS) is 12.6. The molecule has 1 aromatic carbocycles. The molecular formula is C22H16Cl2N5O2S+. The van der Waals surface area contributed by atoms with Crippen molar-refractivity contribution in [3.8, 4) is 5.75 Å². The molecule has 0 spiro atoms. The minimum absolute atomic E-state index is 0.281. The van der Waals surface area contributed by atoms with E-state index in [-0.39, 0.29) is 17.8 Å². The third-order valence-corrected chi connectivity index (χ3v) is 5.40. The smallest absolute Gasteiger partial charge is 0.486 e. The van der Waals surface area contributed by atoms with E-state index in [9.17, 15) is 4.21 Å². The predicted octanol–water partition coefficient (Wildman–Crippen LogP) is 6.06. The molecule has 4 rings (SSSR count). The molecule has 0 aliphatic heterocycles. The van der Waals surface area contributed by atoms with Crippen LogP contribution in [0.5, 0.6) is 5.75 Å². The molecule has 32 heavy (non-hydrogen) atoms. The second-order valence-electron chi connectivity index (χ2n) is 6.71. The van der Waals surface area contributed by atoms with Crippen LogP contribution in [0, 0.1) is 0 Å². The summed E-state index contributed by atoms with van der Waals surface area (Å²) in [4.78, 5) is 12.1. The second-order valence-corrected chi connectivity index (χ2v) is 7.92. The Morgan fingerprint density at radius 1 is 1.12 bits per heavy atom. The quantitative estimate of drug-likeness (QED) is 0.195. The highest BCUT2D eigenvalue weighted by Crippen LogP contribution is 2.33. The fourth-order valence-electron chi connectivity index (χ4n) is 3.11. The molecule has 7 nitrogen and oxygen atoms in total. The van der Waals surface area contributed by atoms with Gasteiger partial charge in [0.2, 0.25) is 0 Å². The van der Waals surface area contributed by atoms with E-state index in [4.69, 9.17) is 27.9 Å². The van der Waals surface area contributed by atoms with Gasteiger partial charge in [0.05, 0.1) is 21.3 Å². The minimum atomic E-state index is -0.367. The number of ether oxygens (including phenoxy) is 1. The van der Waals surface area contributed by atoms with E-state index in [1.54, 1.807) is 24.7 Å². The molecule has 3 heterocycles. The Hall–Kier alpha value is -3.20. The largest absolute Gasteiger partial charge is 0.518 e. The third kappa shape index (κ3) is 4.99. The van der Waals surface area contributed by atoms with Crippen LogP contribution < -0.4 is 4.74 Å². The minimum Gasteiger partial charge on any atom is -0.486 e. The fraction of sp³-hybridized carbons (Fsp3) is 0.0909. The van der Waals surface area contributed by atoms with Gasteiger partial charge in [0.15, 0.2) is 5.82 Å². The van der Waals surface area contributed by atoms with Crippen molar-refractivity contribution in [1.29, 1.82) is 0 Å². The van der Waals surface area contributed by atoms with E-state index < -0.39 is 0 Å². The highest BCUT2D eigenvalue weighted by Gasteiger charge is 2.16. The lowest BCUT2D eigenvalue weighted by molar-refractivity contribution is 0.227. The first-order valence-electron chi connectivity index (χ1n) is 9.44. The zero-order valence-electron chi connectivity index (χ0n) is 16.7. The molecule has 0 saturated heterocycles. The van der Waals surface area contributed by atoms with Crippen LogP contribution in [-0.4, -0.2) is 25.7 Å². The number of fused-ring (bicyclic) bond motifs is 1. The molecule has 160 valence electrons. The molecule has 0 bridgehead atoms. The number of aromatic amines is 1. The maximum Gasteiger partial charge on any atom is 0.518 e. The summed E-state index contributed by atoms with van der Waals surface area (Å²) in [6.45, 7) is 1.88. The molecule has 1 N–H and O–H groups in total. The average molecular weight is 485 g/mol. The summed E-state index contributed by atoms with van der Waals surface area (Å²) in [5, 5.41) is 9.20. The number of rotatable bonds is 7. The van der Waals surface area contributed by atoms with Crippen molar-refractivity contribution in [3.05, 3.63) is 75.8 Å². The first kappa shape index (κ1) is 22.0. The molecule has 0 amide bonds. The third-order valence-electron chi connectivity index (χ3n) is 4.61. The molecule has 4 aromatic rings. The number of nitrogens with zero attached hydrogens (tertiary/aromatic N) is 4. The summed E-state index contributed by atoms with van der Waals surface area (Å²) < 4.78 is 16.5. The number of pyridine rings is 2. The molecule has 0 fully saturated rings. The van der Waals surface area contributed by atoms with Crippen molar-refractivity contribution in [2.75, 3.05) is 0 Å².